The van der Waals surface area contributed by atoms with Crippen molar-refractivity contribution in [2.75, 3.05) is 13.2 Å². The smallest absolute Gasteiger partial charge is 0.200 e. The molecule has 0 aromatic rings. The Morgan fingerprint density at radius 3 is 1.79 bits per heavy atom. The van der Waals surface area contributed by atoms with Gasteiger partial charge in [-0.25, -0.2) is 0 Å². The molecular weight excluding hydrogens is 256 g/mol. The summed E-state index contributed by atoms with van der Waals surface area (Å²) < 4.78 is 12.0. The highest BCUT2D eigenvalue weighted by Crippen LogP contribution is 2.43. The second-order valence-electron chi connectivity index (χ2n) is 6.93. The third-order valence-corrected chi connectivity index (χ3v) is 10.7. The number of epoxide rings is 1. The van der Waals surface area contributed by atoms with Crippen LogP contribution in [0.25, 0.3) is 0 Å². The zero-order chi connectivity index (χ0) is 14.8. The van der Waals surface area contributed by atoms with Crippen LogP contribution in [0.4, 0.5) is 0 Å². The Bertz CT molecular complexity index is 257. The Morgan fingerprint density at radius 1 is 1.00 bits per heavy atom. The monoisotopic (exact) mass is 288 g/mol. The minimum Gasteiger partial charge on any atom is -0.416 e. The van der Waals surface area contributed by atoms with Gasteiger partial charge in [0.25, 0.3) is 0 Å². The minimum atomic E-state index is -1.76. The Balaban J connectivity index is 2.63. The molecule has 0 spiro atoms. The molecule has 114 valence electrons. The lowest BCUT2D eigenvalue weighted by molar-refractivity contribution is 0.198. The van der Waals surface area contributed by atoms with Crippen LogP contribution >= 0.6 is 0 Å². The van der Waals surface area contributed by atoms with Crippen LogP contribution in [-0.4, -0.2) is 38.8 Å². The summed E-state index contributed by atoms with van der Waals surface area (Å²) in [7, 11) is -1.76. The van der Waals surface area contributed by atoms with E-state index < -0.39 is 8.32 Å². The van der Waals surface area contributed by atoms with Gasteiger partial charge in [-0.15, -0.1) is 0 Å². The lowest BCUT2D eigenvalue weighted by Crippen LogP contribution is -2.48. The summed E-state index contributed by atoms with van der Waals surface area (Å²) in [6.45, 7) is 16.9. The summed E-state index contributed by atoms with van der Waals surface area (Å²) in [5.41, 5.74) is 1.86. The zero-order valence-electron chi connectivity index (χ0n) is 13.6. The largest absolute Gasteiger partial charge is 0.416 e. The maximum Gasteiger partial charge on any atom is 0.200 e. The summed E-state index contributed by atoms with van der Waals surface area (Å²) in [5, 5.41) is 9.06. The van der Waals surface area contributed by atoms with Gasteiger partial charge in [-0.1, -0.05) is 48.5 Å². The molecule has 0 aromatic heterocycles. The van der Waals surface area contributed by atoms with E-state index in [-0.39, 0.29) is 18.8 Å². The van der Waals surface area contributed by atoms with Crippen LogP contribution in [0, 0.1) is 5.92 Å². The molecule has 1 N–H and O–H groups in total. The molecule has 1 aliphatic rings. The maximum absolute atomic E-state index is 9.06. The van der Waals surface area contributed by atoms with Gasteiger partial charge in [-0.05, 0) is 16.6 Å². The second-order valence-corrected chi connectivity index (χ2v) is 12.4. The van der Waals surface area contributed by atoms with Crippen LogP contribution in [0.5, 0.6) is 0 Å². The highest BCUT2D eigenvalue weighted by atomic mass is 28.4. The first kappa shape index (κ1) is 17.1. The molecular formula is C15H32O3Si. The molecule has 1 fully saturated rings. The molecule has 0 aliphatic carbocycles. The Kier molecular flexibility index (Phi) is 6.05. The molecule has 0 unspecified atom stereocenters. The van der Waals surface area contributed by atoms with Crippen LogP contribution in [0.2, 0.25) is 16.6 Å². The maximum atomic E-state index is 9.06. The highest BCUT2D eigenvalue weighted by molar-refractivity contribution is 6.77. The van der Waals surface area contributed by atoms with Gasteiger partial charge in [0.2, 0.25) is 0 Å². The molecule has 3 atom stereocenters. The van der Waals surface area contributed by atoms with Crippen molar-refractivity contribution in [3.8, 4) is 0 Å². The predicted octanol–water partition coefficient (Wildman–Crippen LogP) is 3.57. The quantitative estimate of drug-likeness (QED) is 0.548. The van der Waals surface area contributed by atoms with E-state index in [1.54, 1.807) is 0 Å². The average Bonchev–Trinajstić information content (AvgIpc) is 3.07. The van der Waals surface area contributed by atoms with Gasteiger partial charge in [-0.3, -0.25) is 0 Å². The van der Waals surface area contributed by atoms with Crippen LogP contribution in [0.15, 0.2) is 0 Å². The second kappa shape index (κ2) is 6.70. The van der Waals surface area contributed by atoms with Gasteiger partial charge in [0.15, 0.2) is 8.32 Å². The Hall–Kier alpha value is 0.0969. The fourth-order valence-corrected chi connectivity index (χ4v) is 9.23. The van der Waals surface area contributed by atoms with Gasteiger partial charge < -0.3 is 14.3 Å². The molecule has 1 aliphatic heterocycles. The van der Waals surface area contributed by atoms with E-state index in [2.05, 4.69) is 48.5 Å². The topological polar surface area (TPSA) is 42.0 Å². The van der Waals surface area contributed by atoms with E-state index in [0.29, 0.717) is 22.5 Å². The number of rotatable bonds is 8. The van der Waals surface area contributed by atoms with Crippen molar-refractivity contribution >= 4 is 8.32 Å². The molecule has 1 saturated heterocycles. The molecule has 3 nitrogen and oxygen atoms in total. The molecule has 0 amide bonds. The normalized spacial score (nSPS) is 25.4. The number of aliphatic hydroxyl groups excluding tert-OH is 1. The van der Waals surface area contributed by atoms with E-state index in [1.807, 2.05) is 0 Å². The predicted molar refractivity (Wildman–Crippen MR) is 81.9 cm³/mol. The van der Waals surface area contributed by atoms with E-state index >= 15 is 0 Å². The Labute approximate surface area is 119 Å². The summed E-state index contributed by atoms with van der Waals surface area (Å²) in [6, 6.07) is 0. The lowest BCUT2D eigenvalue weighted by Gasteiger charge is -2.42. The third kappa shape index (κ3) is 3.60. The molecule has 4 heteroatoms. The van der Waals surface area contributed by atoms with E-state index in [9.17, 15) is 0 Å². The number of hydrogen-bond donors (Lipinski definition) is 1. The lowest BCUT2D eigenvalue weighted by atomic mass is 10.1. The van der Waals surface area contributed by atoms with E-state index in [0.717, 1.165) is 6.61 Å². The summed E-state index contributed by atoms with van der Waals surface area (Å²) in [6.07, 6.45) is 0.245. The van der Waals surface area contributed by atoms with Crippen molar-refractivity contribution in [2.45, 2.75) is 77.3 Å². The zero-order valence-corrected chi connectivity index (χ0v) is 14.6. The number of ether oxygens (including phenoxy) is 1. The molecule has 1 heterocycles. The molecule has 1 rings (SSSR count). The van der Waals surface area contributed by atoms with E-state index in [1.165, 1.54) is 0 Å². The minimum absolute atomic E-state index is 0.0480. The van der Waals surface area contributed by atoms with Gasteiger partial charge in [0, 0.05) is 12.5 Å². The molecule has 19 heavy (non-hydrogen) atoms. The van der Waals surface area contributed by atoms with Crippen LogP contribution in [-0.2, 0) is 9.16 Å². The SMILES string of the molecule is CC(C)[Si](OC[C@@H](C)[C@H]1O[C@@H]1CO)(C(C)C)C(C)C. The molecule has 0 saturated carbocycles. The van der Waals surface area contributed by atoms with Gasteiger partial charge in [-0.2, -0.15) is 0 Å². The Morgan fingerprint density at radius 2 is 1.47 bits per heavy atom. The standard InChI is InChI=1S/C15H32O3Si/c1-10(2)19(11(3)4,12(5)6)17-9-13(7)15-14(8-16)18-15/h10-16H,8-9H2,1-7H3/t13-,14-,15-/m1/s1. The van der Waals surface area contributed by atoms with Crippen molar-refractivity contribution in [3.63, 3.8) is 0 Å². The average molecular weight is 289 g/mol. The first-order chi connectivity index (χ1) is 8.77. The first-order valence-corrected chi connectivity index (χ1v) is 9.81. The third-order valence-electron chi connectivity index (χ3n) is 4.67. The summed E-state index contributed by atoms with van der Waals surface area (Å²) in [5.74, 6) is 0.375. The van der Waals surface area contributed by atoms with Crippen molar-refractivity contribution in [1.82, 2.24) is 0 Å². The summed E-state index contributed by atoms with van der Waals surface area (Å²) >= 11 is 0. The van der Waals surface area contributed by atoms with Crippen LogP contribution < -0.4 is 0 Å². The van der Waals surface area contributed by atoms with E-state index in [4.69, 9.17) is 14.3 Å². The molecule has 0 bridgehead atoms. The fourth-order valence-electron chi connectivity index (χ4n) is 3.67. The van der Waals surface area contributed by atoms with Crippen molar-refractivity contribution < 1.29 is 14.3 Å². The van der Waals surface area contributed by atoms with Crippen molar-refractivity contribution in [2.24, 2.45) is 5.92 Å². The summed E-state index contributed by atoms with van der Waals surface area (Å²) in [4.78, 5) is 0. The first-order valence-electron chi connectivity index (χ1n) is 7.67. The van der Waals surface area contributed by atoms with Crippen LogP contribution in [0.3, 0.4) is 0 Å². The van der Waals surface area contributed by atoms with Gasteiger partial charge in [0.1, 0.15) is 6.10 Å². The fraction of sp³-hybridized carbons (Fsp3) is 1.00. The van der Waals surface area contributed by atoms with Crippen molar-refractivity contribution in [1.29, 1.82) is 0 Å². The van der Waals surface area contributed by atoms with Crippen LogP contribution in [0.1, 0.15) is 48.5 Å². The molecule has 0 aromatic carbocycles. The molecule has 0 radical (unpaired) electrons. The number of aliphatic hydroxyl groups is 1. The van der Waals surface area contributed by atoms with Gasteiger partial charge in [0.05, 0.1) is 12.7 Å². The van der Waals surface area contributed by atoms with Crippen molar-refractivity contribution in [3.05, 3.63) is 0 Å². The number of hydrogen-bond acceptors (Lipinski definition) is 3. The van der Waals surface area contributed by atoms with Gasteiger partial charge >= 0.3 is 0 Å². The highest BCUT2D eigenvalue weighted by Gasteiger charge is 2.47.